The lowest BCUT2D eigenvalue weighted by atomic mass is 10.00. The topological polar surface area (TPSA) is 78.9 Å². The number of ether oxygens (including phenoxy) is 1. The predicted octanol–water partition coefficient (Wildman–Crippen LogP) is 1.67. The van der Waals surface area contributed by atoms with E-state index in [1.54, 1.807) is 0 Å². The maximum absolute atomic E-state index is 13.3. The van der Waals surface area contributed by atoms with Gasteiger partial charge in [0.2, 0.25) is 6.10 Å². The van der Waals surface area contributed by atoms with Crippen molar-refractivity contribution in [3.63, 3.8) is 0 Å². The number of alkyl halides is 6. The van der Waals surface area contributed by atoms with Crippen molar-refractivity contribution in [3.05, 3.63) is 12.2 Å². The summed E-state index contributed by atoms with van der Waals surface area (Å²) in [4.78, 5) is 11.2. The molecular weight excluding hydrogens is 362 g/mol. The van der Waals surface area contributed by atoms with Crippen LogP contribution in [0.3, 0.4) is 0 Å². The Morgan fingerprint density at radius 3 is 2.17 bits per heavy atom. The molecule has 0 radical (unpaired) electrons. The first-order valence-corrected chi connectivity index (χ1v) is 7.01. The van der Waals surface area contributed by atoms with Crippen LogP contribution in [0.4, 0.5) is 26.3 Å². The van der Waals surface area contributed by atoms with Gasteiger partial charge < -0.3 is 4.74 Å². The average Bonchev–Trinajstić information content (AvgIpc) is 2.75. The molecule has 1 aliphatic rings. The molecule has 1 unspecified atom stereocenters. The minimum absolute atomic E-state index is 0.421. The van der Waals surface area contributed by atoms with E-state index in [2.05, 4.69) is 19.7 Å². The molecule has 0 amide bonds. The van der Waals surface area contributed by atoms with Crippen molar-refractivity contribution < 1.29 is 52.7 Å². The summed E-state index contributed by atoms with van der Waals surface area (Å²) in [5, 5.41) is 0. The lowest BCUT2D eigenvalue weighted by Gasteiger charge is -2.32. The fourth-order valence-corrected chi connectivity index (χ4v) is 2.06. The summed E-state index contributed by atoms with van der Waals surface area (Å²) < 4.78 is 112. The summed E-state index contributed by atoms with van der Waals surface area (Å²) >= 11 is 0. The van der Waals surface area contributed by atoms with Gasteiger partial charge in [0.1, 0.15) is 6.61 Å². The van der Waals surface area contributed by atoms with E-state index < -0.39 is 59.0 Å². The summed E-state index contributed by atoms with van der Waals surface area (Å²) in [6.07, 6.45) is -1.99. The van der Waals surface area contributed by atoms with Gasteiger partial charge in [-0.1, -0.05) is 6.58 Å². The molecule has 0 spiro atoms. The van der Waals surface area contributed by atoms with E-state index in [0.717, 1.165) is 0 Å². The van der Waals surface area contributed by atoms with Crippen LogP contribution in [-0.2, 0) is 28.3 Å². The molecule has 23 heavy (non-hydrogen) atoms. The number of carbonyl (C=O) groups is 1. The number of halogens is 6. The Labute approximate surface area is 126 Å². The second-order valence-electron chi connectivity index (χ2n) is 4.52. The highest BCUT2D eigenvalue weighted by Crippen LogP contribution is 2.48. The Bertz CT molecular complexity index is 601. The maximum atomic E-state index is 13.3. The molecule has 1 aliphatic heterocycles. The first-order valence-electron chi connectivity index (χ1n) is 5.68. The lowest BCUT2D eigenvalue weighted by Crippen LogP contribution is -2.57. The highest BCUT2D eigenvalue weighted by atomic mass is 32.3. The van der Waals surface area contributed by atoms with Crippen LogP contribution in [0, 0.1) is 0 Å². The van der Waals surface area contributed by atoms with Crippen molar-refractivity contribution in [2.75, 3.05) is 13.2 Å². The van der Waals surface area contributed by atoms with E-state index >= 15 is 0 Å². The summed E-state index contributed by atoms with van der Waals surface area (Å²) in [6.45, 7) is -0.427. The third-order valence-electron chi connectivity index (χ3n) is 2.65. The highest BCUT2D eigenvalue weighted by molar-refractivity contribution is 7.82. The van der Waals surface area contributed by atoms with E-state index in [-0.39, 0.29) is 0 Å². The molecule has 0 bridgehead atoms. The molecule has 0 aromatic rings. The molecule has 13 heteroatoms. The molecule has 1 fully saturated rings. The Balaban J connectivity index is 2.79. The fourth-order valence-electron chi connectivity index (χ4n) is 1.29. The number of hydrogen-bond donors (Lipinski definition) is 0. The number of carbonyl (C=O) groups excluding carboxylic acids is 1. The Morgan fingerprint density at radius 2 is 1.78 bits per heavy atom. The number of rotatable bonds is 6. The van der Waals surface area contributed by atoms with Crippen LogP contribution in [0.5, 0.6) is 0 Å². The SMILES string of the molecule is C=C(C)C(F)(F)C(F)(F)C(F)(F)COC(=O)C1COS(=O)(=O)O1. The summed E-state index contributed by atoms with van der Waals surface area (Å²) in [6, 6.07) is 0. The summed E-state index contributed by atoms with van der Waals surface area (Å²) in [5.74, 6) is -18.4. The van der Waals surface area contributed by atoms with E-state index in [4.69, 9.17) is 0 Å². The fraction of sp³-hybridized carbons (Fsp3) is 0.700. The first kappa shape index (κ1) is 19.7. The van der Waals surface area contributed by atoms with Crippen LogP contribution >= 0.6 is 0 Å². The summed E-state index contributed by atoms with van der Waals surface area (Å²) in [5.41, 5.74) is -1.52. The standard InChI is InChI=1S/C10H10F6O6S/c1-5(2)9(13,14)10(15,16)8(11,12)4-20-7(17)6-3-21-23(18,19)22-6/h6H,1,3-4H2,2H3. The van der Waals surface area contributed by atoms with E-state index in [1.807, 2.05) is 0 Å². The third kappa shape index (κ3) is 3.77. The molecule has 0 aromatic heterocycles. The van der Waals surface area contributed by atoms with Crippen LogP contribution in [0.15, 0.2) is 12.2 Å². The average molecular weight is 372 g/mol. The zero-order valence-corrected chi connectivity index (χ0v) is 12.1. The molecule has 0 saturated carbocycles. The van der Waals surface area contributed by atoms with Gasteiger partial charge in [0.15, 0.2) is 6.61 Å². The van der Waals surface area contributed by atoms with Crippen LogP contribution in [0.1, 0.15) is 6.92 Å². The monoisotopic (exact) mass is 372 g/mol. The molecule has 1 rings (SSSR count). The van der Waals surface area contributed by atoms with Gasteiger partial charge in [0.05, 0.1) is 0 Å². The third-order valence-corrected chi connectivity index (χ3v) is 3.54. The van der Waals surface area contributed by atoms with Crippen molar-refractivity contribution in [2.24, 2.45) is 0 Å². The molecule has 0 aliphatic carbocycles. The maximum Gasteiger partial charge on any atom is 0.400 e. The van der Waals surface area contributed by atoms with Crippen LogP contribution in [-0.4, -0.2) is 51.5 Å². The number of allylic oxidation sites excluding steroid dienone is 1. The molecule has 1 atom stereocenters. The van der Waals surface area contributed by atoms with Crippen molar-refractivity contribution in [3.8, 4) is 0 Å². The Morgan fingerprint density at radius 1 is 1.26 bits per heavy atom. The van der Waals surface area contributed by atoms with Crippen LogP contribution in [0.2, 0.25) is 0 Å². The number of hydrogen-bond acceptors (Lipinski definition) is 6. The Kier molecular flexibility index (Phi) is 5.09. The summed E-state index contributed by atoms with van der Waals surface area (Å²) in [7, 11) is -4.53. The minimum atomic E-state index is -5.90. The quantitative estimate of drug-likeness (QED) is 0.401. The van der Waals surface area contributed by atoms with Gasteiger partial charge in [0, 0.05) is 0 Å². The van der Waals surface area contributed by atoms with Crippen LogP contribution < -0.4 is 0 Å². The molecule has 0 N–H and O–H groups in total. The van der Waals surface area contributed by atoms with Gasteiger partial charge in [-0.3, -0.25) is 0 Å². The molecule has 0 aromatic carbocycles. The largest absolute Gasteiger partial charge is 0.457 e. The molecule has 1 heterocycles. The lowest BCUT2D eigenvalue weighted by molar-refractivity contribution is -0.305. The normalized spacial score (nSPS) is 22.0. The predicted molar refractivity (Wildman–Crippen MR) is 60.4 cm³/mol. The molecular formula is C10H10F6O6S. The van der Waals surface area contributed by atoms with Crippen LogP contribution in [0.25, 0.3) is 0 Å². The zero-order chi connectivity index (χ0) is 18.3. The molecule has 134 valence electrons. The van der Waals surface area contributed by atoms with Crippen molar-refractivity contribution in [1.29, 1.82) is 0 Å². The first-order chi connectivity index (χ1) is 10.1. The van der Waals surface area contributed by atoms with Gasteiger partial charge in [-0.2, -0.15) is 34.8 Å². The van der Waals surface area contributed by atoms with Gasteiger partial charge in [0.25, 0.3) is 0 Å². The highest BCUT2D eigenvalue weighted by Gasteiger charge is 2.72. The van der Waals surface area contributed by atoms with Gasteiger partial charge in [-0.15, -0.1) is 0 Å². The Hall–Kier alpha value is -1.34. The van der Waals surface area contributed by atoms with E-state index in [9.17, 15) is 39.6 Å². The van der Waals surface area contributed by atoms with Gasteiger partial charge >= 0.3 is 34.1 Å². The molecule has 1 saturated heterocycles. The van der Waals surface area contributed by atoms with Gasteiger partial charge in [-0.25, -0.2) is 13.2 Å². The number of esters is 1. The van der Waals surface area contributed by atoms with E-state index in [0.29, 0.717) is 6.92 Å². The second-order valence-corrected chi connectivity index (χ2v) is 5.76. The second kappa shape index (κ2) is 5.94. The zero-order valence-electron chi connectivity index (χ0n) is 11.3. The van der Waals surface area contributed by atoms with Crippen molar-refractivity contribution in [2.45, 2.75) is 30.8 Å². The van der Waals surface area contributed by atoms with Crippen molar-refractivity contribution in [1.82, 2.24) is 0 Å². The van der Waals surface area contributed by atoms with E-state index in [1.165, 1.54) is 0 Å². The smallest absolute Gasteiger partial charge is 0.400 e. The van der Waals surface area contributed by atoms with Gasteiger partial charge in [-0.05, 0) is 12.5 Å². The van der Waals surface area contributed by atoms with Crippen molar-refractivity contribution >= 4 is 16.4 Å². The molecule has 6 nitrogen and oxygen atoms in total. The minimum Gasteiger partial charge on any atom is -0.457 e.